The number of thiophene rings is 1. The summed E-state index contributed by atoms with van der Waals surface area (Å²) in [5.41, 5.74) is 8.94. The molecule has 0 unspecified atom stereocenters. The molecule has 9 rings (SSSR count). The summed E-state index contributed by atoms with van der Waals surface area (Å²) in [5, 5.41) is 9.95. The Hall–Kier alpha value is -5.24. The highest BCUT2D eigenvalue weighted by atomic mass is 32.1. The Balaban J connectivity index is 1.24. The van der Waals surface area contributed by atoms with Crippen molar-refractivity contribution in [1.29, 1.82) is 0 Å². The van der Waals surface area contributed by atoms with Crippen LogP contribution in [0, 0.1) is 0 Å². The van der Waals surface area contributed by atoms with Crippen LogP contribution in [0.15, 0.2) is 152 Å². The van der Waals surface area contributed by atoms with Crippen LogP contribution in [0.3, 0.4) is 0 Å². The topological polar surface area (TPSA) is 0 Å². The normalized spacial score (nSPS) is 12.4. The number of hydrogen-bond donors (Lipinski definition) is 0. The molecule has 0 amide bonds. The second kappa shape index (κ2) is 10.7. The van der Waals surface area contributed by atoms with Crippen LogP contribution >= 0.6 is 11.3 Å². The predicted octanol–water partition coefficient (Wildman–Crippen LogP) is 13.8. The third-order valence-corrected chi connectivity index (χ3v) is 10.9. The third-order valence-electron chi connectivity index (χ3n) is 9.72. The van der Waals surface area contributed by atoms with Gasteiger partial charge in [-0.3, -0.25) is 0 Å². The summed E-state index contributed by atoms with van der Waals surface area (Å²) in [7, 11) is 0. The van der Waals surface area contributed by atoms with Crippen molar-refractivity contribution in [3.05, 3.63) is 157 Å². The zero-order chi connectivity index (χ0) is 32.6. The van der Waals surface area contributed by atoms with Crippen molar-refractivity contribution in [3.63, 3.8) is 0 Å². The molecule has 0 aliphatic heterocycles. The highest BCUT2D eigenvalue weighted by molar-refractivity contribution is 7.26. The summed E-state index contributed by atoms with van der Waals surface area (Å²) in [6.45, 7) is 6.94. The van der Waals surface area contributed by atoms with E-state index >= 15 is 0 Å². The van der Waals surface area contributed by atoms with Gasteiger partial charge < -0.3 is 0 Å². The van der Waals surface area contributed by atoms with Gasteiger partial charge in [-0.05, 0) is 88.8 Å². The number of hydrogen-bond acceptors (Lipinski definition) is 1. The molecular weight excluding hydrogens is 585 g/mol. The van der Waals surface area contributed by atoms with E-state index in [1.807, 2.05) is 23.5 Å². The van der Waals surface area contributed by atoms with Crippen molar-refractivity contribution in [2.24, 2.45) is 0 Å². The second-order valence-corrected chi connectivity index (χ2v) is 14.7. The average molecular weight is 620 g/mol. The Bertz CT molecular complexity index is 2650. The van der Waals surface area contributed by atoms with Gasteiger partial charge in [0.25, 0.3) is 0 Å². The highest BCUT2D eigenvalue weighted by Crippen LogP contribution is 2.47. The van der Waals surface area contributed by atoms with E-state index in [-0.39, 0.29) is 5.41 Å². The van der Waals surface area contributed by atoms with Crippen LogP contribution in [0.1, 0.15) is 27.7 Å². The zero-order valence-electron chi connectivity index (χ0n) is 27.8. The van der Waals surface area contributed by atoms with Crippen LogP contribution in [-0.2, 0) is 5.41 Å². The van der Waals surface area contributed by atoms with Gasteiger partial charge in [0, 0.05) is 20.2 Å². The molecular formula is C46H34S. The van der Waals surface area contributed by atoms with Crippen LogP contribution in [-0.4, -0.2) is 0 Å². The Kier molecular flexibility index (Phi) is 6.11. The minimum atomic E-state index is 0.0636. The summed E-state index contributed by atoms with van der Waals surface area (Å²) in [6.07, 6.45) is 0. The van der Waals surface area contributed by atoms with Crippen LogP contribution < -0.4 is 0 Å². The smallest absolute Gasteiger partial charge is 0.0623 e. The summed E-state index contributed by atoms with van der Waals surface area (Å²) < 4.78 is 10.8. The standard InChI is InChI=1S/C46H34S/c1-46(2,3)40-27-26-34(44-39-18-10-11-19-41(39)47-45(40)44)30-21-23-31(24-22-30)42-35-14-6-8-16-37(35)43(38-17-9-7-15-36(38)42)33-25-20-29-12-4-5-13-32(29)28-33/h4-28H,1-3H3/i4D. The molecule has 224 valence electrons. The van der Waals surface area contributed by atoms with Crippen molar-refractivity contribution in [2.75, 3.05) is 0 Å². The average Bonchev–Trinajstić information content (AvgIpc) is 3.49. The van der Waals surface area contributed by atoms with Gasteiger partial charge in [-0.2, -0.15) is 0 Å². The Morgan fingerprint density at radius 3 is 1.72 bits per heavy atom. The molecule has 9 aromatic rings. The summed E-state index contributed by atoms with van der Waals surface area (Å²) >= 11 is 1.92. The van der Waals surface area contributed by atoms with Crippen LogP contribution in [0.5, 0.6) is 0 Å². The number of benzene rings is 8. The van der Waals surface area contributed by atoms with Gasteiger partial charge in [-0.25, -0.2) is 0 Å². The molecule has 0 aliphatic rings. The maximum absolute atomic E-state index is 8.07. The lowest BCUT2D eigenvalue weighted by atomic mass is 9.84. The minimum absolute atomic E-state index is 0.0636. The summed E-state index contributed by atoms with van der Waals surface area (Å²) in [5.74, 6) is 0. The predicted molar refractivity (Wildman–Crippen MR) is 207 cm³/mol. The first-order valence-electron chi connectivity index (χ1n) is 16.8. The first-order chi connectivity index (χ1) is 23.3. The van der Waals surface area contributed by atoms with Crippen molar-refractivity contribution >= 4 is 63.8 Å². The Labute approximate surface area is 281 Å². The molecule has 8 aromatic carbocycles. The second-order valence-electron chi connectivity index (χ2n) is 13.6. The molecule has 1 heteroatoms. The first-order valence-corrected chi connectivity index (χ1v) is 17.2. The van der Waals surface area contributed by atoms with Crippen LogP contribution in [0.2, 0.25) is 0 Å². The fourth-order valence-electron chi connectivity index (χ4n) is 7.51. The molecule has 0 atom stereocenters. The number of fused-ring (bicyclic) bond motifs is 6. The van der Waals surface area contributed by atoms with Crippen molar-refractivity contribution in [3.8, 4) is 33.4 Å². The first kappa shape index (κ1) is 26.9. The van der Waals surface area contributed by atoms with E-state index in [1.165, 1.54) is 80.7 Å². The molecule has 1 heterocycles. The van der Waals surface area contributed by atoms with Crippen LogP contribution in [0.4, 0.5) is 0 Å². The van der Waals surface area contributed by atoms with Crippen molar-refractivity contribution in [2.45, 2.75) is 26.2 Å². The quantitative estimate of drug-likeness (QED) is 0.173. The highest BCUT2D eigenvalue weighted by Gasteiger charge is 2.22. The van der Waals surface area contributed by atoms with E-state index in [0.717, 1.165) is 10.8 Å². The molecule has 0 bridgehead atoms. The molecule has 0 saturated carbocycles. The van der Waals surface area contributed by atoms with E-state index in [0.29, 0.717) is 6.04 Å². The summed E-state index contributed by atoms with van der Waals surface area (Å²) in [6, 6.07) is 53.5. The van der Waals surface area contributed by atoms with Gasteiger partial charge in [-0.1, -0.05) is 160 Å². The largest absolute Gasteiger partial charge is 0.135 e. The molecule has 0 radical (unpaired) electrons. The zero-order valence-corrected chi connectivity index (χ0v) is 27.6. The van der Waals surface area contributed by atoms with Crippen LogP contribution in [0.25, 0.3) is 85.9 Å². The third kappa shape index (κ3) is 4.49. The van der Waals surface area contributed by atoms with E-state index in [2.05, 4.69) is 154 Å². The number of rotatable bonds is 3. The van der Waals surface area contributed by atoms with Crippen molar-refractivity contribution in [1.82, 2.24) is 0 Å². The summed E-state index contributed by atoms with van der Waals surface area (Å²) in [4.78, 5) is 0. The Morgan fingerprint density at radius 1 is 0.489 bits per heavy atom. The maximum Gasteiger partial charge on any atom is 0.0623 e. The molecule has 47 heavy (non-hydrogen) atoms. The molecule has 0 nitrogen and oxygen atoms in total. The minimum Gasteiger partial charge on any atom is -0.135 e. The van der Waals surface area contributed by atoms with Gasteiger partial charge in [0.1, 0.15) is 0 Å². The van der Waals surface area contributed by atoms with Crippen molar-refractivity contribution < 1.29 is 1.37 Å². The molecule has 0 saturated heterocycles. The van der Waals surface area contributed by atoms with E-state index in [9.17, 15) is 0 Å². The van der Waals surface area contributed by atoms with Gasteiger partial charge >= 0.3 is 0 Å². The van der Waals surface area contributed by atoms with E-state index in [4.69, 9.17) is 1.37 Å². The van der Waals surface area contributed by atoms with E-state index < -0.39 is 0 Å². The van der Waals surface area contributed by atoms with Gasteiger partial charge in [0.05, 0.1) is 1.37 Å². The lowest BCUT2D eigenvalue weighted by Crippen LogP contribution is -2.11. The molecule has 0 aliphatic carbocycles. The molecule has 0 spiro atoms. The lowest BCUT2D eigenvalue weighted by Gasteiger charge is -2.21. The van der Waals surface area contributed by atoms with Gasteiger partial charge in [0.2, 0.25) is 0 Å². The fourth-order valence-corrected chi connectivity index (χ4v) is 8.96. The SMILES string of the molecule is [2H]c1ccc2cc(-c3c4ccccc4c(-c4ccc(-c5ccc(C(C)(C)C)c6sc7ccccc7c56)cc4)c4ccccc34)ccc2c1. The molecule has 0 N–H and O–H groups in total. The van der Waals surface area contributed by atoms with Gasteiger partial charge in [0.15, 0.2) is 0 Å². The lowest BCUT2D eigenvalue weighted by molar-refractivity contribution is 0.597. The fraction of sp³-hybridized carbons (Fsp3) is 0.0870. The maximum atomic E-state index is 8.07. The molecule has 1 aromatic heterocycles. The monoisotopic (exact) mass is 619 g/mol. The van der Waals surface area contributed by atoms with E-state index in [1.54, 1.807) is 0 Å². The van der Waals surface area contributed by atoms with Gasteiger partial charge in [-0.15, -0.1) is 11.3 Å². The molecule has 0 fully saturated rings. The Morgan fingerprint density at radius 2 is 1.06 bits per heavy atom.